The minimum atomic E-state index is -3.81. The molecule has 1 N–H and O–H groups in total. The van der Waals surface area contributed by atoms with Gasteiger partial charge in [-0.2, -0.15) is 0 Å². The van der Waals surface area contributed by atoms with Crippen molar-refractivity contribution in [2.45, 2.75) is 32.1 Å². The number of hydrogen-bond donors (Lipinski definition) is 1. The summed E-state index contributed by atoms with van der Waals surface area (Å²) in [6.45, 7) is 4.99. The zero-order valence-corrected chi connectivity index (χ0v) is 19.6. The maximum Gasteiger partial charge on any atom is 0.487 e. The Morgan fingerprint density at radius 3 is 2.71 bits per heavy atom. The highest BCUT2D eigenvalue weighted by Gasteiger charge is 2.28. The number of carbonyl (C=O) groups is 1. The quantitative estimate of drug-likeness (QED) is 0.346. The maximum absolute atomic E-state index is 13.2. The molecule has 180 valence electrons. The number of aromatic nitrogens is 3. The molecule has 0 spiro atoms. The molecule has 7 nitrogen and oxygen atoms in total. The minimum absolute atomic E-state index is 0.0843. The van der Waals surface area contributed by atoms with Gasteiger partial charge in [0.2, 0.25) is 0 Å². The van der Waals surface area contributed by atoms with Crippen LogP contribution in [0.1, 0.15) is 34.7 Å². The van der Waals surface area contributed by atoms with E-state index in [-0.39, 0.29) is 17.7 Å². The second-order valence-electron chi connectivity index (χ2n) is 8.43. The number of aryl methyl sites for hydroxylation is 1. The fourth-order valence-electron chi connectivity index (χ4n) is 4.25. The fourth-order valence-corrected chi connectivity index (χ4v) is 4.34. The number of ether oxygens (including phenoxy) is 2. The van der Waals surface area contributed by atoms with Crippen LogP contribution in [-0.2, 0) is 11.3 Å². The predicted molar refractivity (Wildman–Crippen MR) is 128 cm³/mol. The minimum Gasteiger partial charge on any atom is -0.420 e. The Morgan fingerprint density at radius 1 is 1.23 bits per heavy atom. The van der Waals surface area contributed by atoms with Gasteiger partial charge in [0.1, 0.15) is 18.2 Å². The van der Waals surface area contributed by atoms with Crippen LogP contribution in [0.4, 0.5) is 14.5 Å². The number of nitrogens with zero attached hydrogens (tertiary/aromatic N) is 3. The molecule has 0 radical (unpaired) electrons. The van der Waals surface area contributed by atoms with E-state index in [1.54, 1.807) is 18.5 Å². The van der Waals surface area contributed by atoms with Crippen LogP contribution in [0, 0.1) is 6.92 Å². The standard InChI is InChI=1S/C25H21ClF2N4O3/c1-14-7-17(11-29-10-14)20-8-16(9-21-23(20)32-15(2)12-34-13-22(32)31-21)24(33)30-18-3-5-19(6-4-18)35-25(26,27)28/h3-11,15H,12-13H2,1-2H3,(H,30,33)/t15-/m1/s1. The second-order valence-corrected chi connectivity index (χ2v) is 8.87. The third-order valence-corrected chi connectivity index (χ3v) is 5.76. The fraction of sp³-hybridized carbons (Fsp3) is 0.240. The molecule has 0 bridgehead atoms. The summed E-state index contributed by atoms with van der Waals surface area (Å²) in [6.07, 6.45) is 3.53. The summed E-state index contributed by atoms with van der Waals surface area (Å²) in [5, 5.41) is 2.78. The van der Waals surface area contributed by atoms with E-state index in [0.717, 1.165) is 28.0 Å². The molecule has 4 aromatic rings. The summed E-state index contributed by atoms with van der Waals surface area (Å²) in [5.41, 5.74) is 1.28. The van der Waals surface area contributed by atoms with Gasteiger partial charge in [0.15, 0.2) is 0 Å². The van der Waals surface area contributed by atoms with E-state index in [1.807, 2.05) is 19.1 Å². The van der Waals surface area contributed by atoms with E-state index in [1.165, 1.54) is 24.3 Å². The first-order chi connectivity index (χ1) is 16.7. The highest BCUT2D eigenvalue weighted by Crippen LogP contribution is 2.35. The smallest absolute Gasteiger partial charge is 0.420 e. The molecule has 1 aliphatic heterocycles. The molecule has 0 aliphatic carbocycles. The van der Waals surface area contributed by atoms with Gasteiger partial charge in [-0.15, -0.1) is 8.78 Å². The Balaban J connectivity index is 1.54. The van der Waals surface area contributed by atoms with Gasteiger partial charge in [0.05, 0.1) is 23.7 Å². The molecule has 1 atom stereocenters. The van der Waals surface area contributed by atoms with Crippen molar-refractivity contribution in [1.29, 1.82) is 0 Å². The average Bonchev–Trinajstić information content (AvgIpc) is 3.18. The van der Waals surface area contributed by atoms with Crippen LogP contribution in [0.25, 0.3) is 22.2 Å². The van der Waals surface area contributed by atoms with E-state index in [2.05, 4.69) is 26.5 Å². The van der Waals surface area contributed by atoms with Crippen LogP contribution in [0.15, 0.2) is 54.9 Å². The summed E-state index contributed by atoms with van der Waals surface area (Å²) in [5.74, 6) is 0.295. The highest BCUT2D eigenvalue weighted by molar-refractivity contribution is 6.20. The van der Waals surface area contributed by atoms with E-state index in [4.69, 9.17) is 21.3 Å². The molecule has 0 fully saturated rings. The molecule has 2 aromatic heterocycles. The zero-order valence-electron chi connectivity index (χ0n) is 18.9. The number of halogens is 3. The summed E-state index contributed by atoms with van der Waals surface area (Å²) >= 11 is 4.80. The van der Waals surface area contributed by atoms with Crippen molar-refractivity contribution >= 4 is 34.2 Å². The third-order valence-electron chi connectivity index (χ3n) is 5.68. The number of rotatable bonds is 5. The molecule has 0 unspecified atom stereocenters. The number of fused-ring (bicyclic) bond motifs is 3. The van der Waals surface area contributed by atoms with Crippen molar-refractivity contribution in [3.05, 3.63) is 71.8 Å². The second kappa shape index (κ2) is 8.90. The van der Waals surface area contributed by atoms with E-state index in [9.17, 15) is 13.6 Å². The monoisotopic (exact) mass is 498 g/mol. The molecule has 2 aromatic carbocycles. The first-order valence-electron chi connectivity index (χ1n) is 10.9. The van der Waals surface area contributed by atoms with Crippen molar-refractivity contribution in [3.63, 3.8) is 0 Å². The number of imidazole rings is 1. The van der Waals surface area contributed by atoms with Crippen molar-refractivity contribution in [3.8, 4) is 16.9 Å². The number of alkyl halides is 3. The topological polar surface area (TPSA) is 78.3 Å². The molecular weight excluding hydrogens is 478 g/mol. The van der Waals surface area contributed by atoms with Gasteiger partial charge < -0.3 is 19.4 Å². The van der Waals surface area contributed by atoms with Gasteiger partial charge >= 0.3 is 5.57 Å². The van der Waals surface area contributed by atoms with Gasteiger partial charge in [-0.3, -0.25) is 9.78 Å². The van der Waals surface area contributed by atoms with Crippen molar-refractivity contribution in [1.82, 2.24) is 14.5 Å². The van der Waals surface area contributed by atoms with Crippen LogP contribution in [-0.4, -0.2) is 32.6 Å². The number of hydrogen-bond acceptors (Lipinski definition) is 5. The number of nitrogens with one attached hydrogen (secondary N) is 1. The number of amides is 1. The summed E-state index contributed by atoms with van der Waals surface area (Å²) < 4.78 is 37.8. The molecule has 3 heterocycles. The van der Waals surface area contributed by atoms with Crippen LogP contribution in [0.5, 0.6) is 5.75 Å². The SMILES string of the molecule is Cc1cncc(-c2cc(C(=O)Nc3ccc(OC(F)(F)Cl)cc3)cc3nc4n(c23)[C@H](C)COC4)c1. The number of pyridine rings is 1. The van der Waals surface area contributed by atoms with Gasteiger partial charge in [-0.25, -0.2) is 4.98 Å². The number of carbonyl (C=O) groups excluding carboxylic acids is 1. The Hall–Kier alpha value is -3.56. The van der Waals surface area contributed by atoms with Gasteiger partial charge in [0.25, 0.3) is 5.91 Å². The molecule has 0 saturated carbocycles. The number of anilines is 1. The Morgan fingerprint density at radius 2 is 2.00 bits per heavy atom. The normalized spacial score (nSPS) is 15.6. The van der Waals surface area contributed by atoms with Gasteiger partial charge in [0, 0.05) is 46.4 Å². The molecule has 5 rings (SSSR count). The van der Waals surface area contributed by atoms with E-state index in [0.29, 0.717) is 30.0 Å². The van der Waals surface area contributed by atoms with Gasteiger partial charge in [-0.1, -0.05) is 0 Å². The molecule has 1 aliphatic rings. The van der Waals surface area contributed by atoms with E-state index >= 15 is 0 Å². The van der Waals surface area contributed by atoms with Crippen LogP contribution >= 0.6 is 11.6 Å². The summed E-state index contributed by atoms with van der Waals surface area (Å²) in [6, 6.07) is 11.1. The lowest BCUT2D eigenvalue weighted by molar-refractivity contribution is -0.0964. The van der Waals surface area contributed by atoms with Crippen LogP contribution in [0.3, 0.4) is 0 Å². The molecule has 35 heavy (non-hydrogen) atoms. The molecule has 10 heteroatoms. The number of benzene rings is 2. The Bertz CT molecular complexity index is 1420. The lowest BCUT2D eigenvalue weighted by atomic mass is 10.0. The third kappa shape index (κ3) is 4.82. The van der Waals surface area contributed by atoms with E-state index < -0.39 is 5.57 Å². The zero-order chi connectivity index (χ0) is 24.7. The highest BCUT2D eigenvalue weighted by atomic mass is 35.5. The van der Waals surface area contributed by atoms with Crippen LogP contribution < -0.4 is 10.1 Å². The Labute approximate surface area is 204 Å². The largest absolute Gasteiger partial charge is 0.487 e. The first-order valence-corrected chi connectivity index (χ1v) is 11.3. The first kappa shape index (κ1) is 23.2. The molecule has 0 saturated heterocycles. The van der Waals surface area contributed by atoms with Crippen molar-refractivity contribution < 1.29 is 23.0 Å². The average molecular weight is 499 g/mol. The molecular formula is C25H21ClF2N4O3. The summed E-state index contributed by atoms with van der Waals surface area (Å²) in [7, 11) is 0. The Kier molecular flexibility index (Phi) is 5.90. The van der Waals surface area contributed by atoms with Crippen LogP contribution in [0.2, 0.25) is 0 Å². The maximum atomic E-state index is 13.2. The predicted octanol–water partition coefficient (Wildman–Crippen LogP) is 5.92. The van der Waals surface area contributed by atoms with Crippen molar-refractivity contribution in [2.24, 2.45) is 0 Å². The molecule has 1 amide bonds. The van der Waals surface area contributed by atoms with Gasteiger partial charge in [-0.05, 0) is 61.9 Å². The lowest BCUT2D eigenvalue weighted by Crippen LogP contribution is -2.21. The summed E-state index contributed by atoms with van der Waals surface area (Å²) in [4.78, 5) is 22.2. The van der Waals surface area contributed by atoms with Crippen molar-refractivity contribution in [2.75, 3.05) is 11.9 Å². The lowest BCUT2D eigenvalue weighted by Gasteiger charge is -2.23.